The zero-order chi connectivity index (χ0) is 23.0. The molecule has 1 rings (SSSR count). The second-order valence-electron chi connectivity index (χ2n) is 7.43. The number of benzene rings is 1. The van der Waals surface area contributed by atoms with Crippen LogP contribution in [0.25, 0.3) is 0 Å². The Morgan fingerprint density at radius 2 is 1.60 bits per heavy atom. The first-order chi connectivity index (χ1) is 13.8. The van der Waals surface area contributed by atoms with Gasteiger partial charge in [0, 0.05) is 0 Å². The van der Waals surface area contributed by atoms with Crippen LogP contribution >= 0.6 is 7.60 Å². The highest BCUT2D eigenvalue weighted by molar-refractivity contribution is 7.89. The van der Waals surface area contributed by atoms with Gasteiger partial charge in [-0.15, -0.1) is 0 Å². The molecule has 0 saturated heterocycles. The van der Waals surface area contributed by atoms with Crippen molar-refractivity contribution in [3.63, 3.8) is 0 Å². The molecule has 170 valence electrons. The molecule has 0 bridgehead atoms. The van der Waals surface area contributed by atoms with Gasteiger partial charge in [0.25, 0.3) is 10.0 Å². The number of sulfonamides is 1. The van der Waals surface area contributed by atoms with E-state index < -0.39 is 29.3 Å². The molecule has 0 aliphatic heterocycles. The fourth-order valence-electron chi connectivity index (χ4n) is 2.33. The van der Waals surface area contributed by atoms with Gasteiger partial charge in [-0.05, 0) is 53.7 Å². The molecule has 0 radical (unpaired) electrons. The molecule has 0 atom stereocenters. The summed E-state index contributed by atoms with van der Waals surface area (Å²) in [7, 11) is -7.46. The van der Waals surface area contributed by atoms with Crippen LogP contribution in [-0.2, 0) is 28.4 Å². The lowest BCUT2D eigenvalue weighted by Crippen LogP contribution is -2.41. The summed E-state index contributed by atoms with van der Waals surface area (Å²) >= 11 is 0. The largest absolute Gasteiger partial charge is 0.443 e. The third-order valence-electron chi connectivity index (χ3n) is 3.62. The van der Waals surface area contributed by atoms with E-state index in [1.165, 1.54) is 24.3 Å². The van der Waals surface area contributed by atoms with Crippen molar-refractivity contribution in [2.24, 2.45) is 0 Å². The van der Waals surface area contributed by atoms with E-state index in [-0.39, 0.29) is 30.8 Å². The SMILES string of the molecule is CCOP(=O)(C/C=C/CN(C(=O)OC(C)(C)C)S(=O)(=O)c1ccc(C)cc1)OCC. The molecule has 30 heavy (non-hydrogen) atoms. The van der Waals surface area contributed by atoms with E-state index in [0.29, 0.717) is 4.31 Å². The maximum atomic E-state index is 13.1. The van der Waals surface area contributed by atoms with Gasteiger partial charge >= 0.3 is 13.7 Å². The second kappa shape index (κ2) is 11.1. The van der Waals surface area contributed by atoms with Gasteiger partial charge in [0.05, 0.1) is 30.8 Å². The molecule has 1 amide bonds. The van der Waals surface area contributed by atoms with Crippen molar-refractivity contribution in [2.45, 2.75) is 52.0 Å². The summed E-state index contributed by atoms with van der Waals surface area (Å²) in [6, 6.07) is 6.17. The van der Waals surface area contributed by atoms with Crippen LogP contribution in [0.4, 0.5) is 4.79 Å². The van der Waals surface area contributed by atoms with Gasteiger partial charge in [0.1, 0.15) is 5.60 Å². The number of ether oxygens (including phenoxy) is 1. The molecule has 1 aromatic carbocycles. The number of hydrogen-bond donors (Lipinski definition) is 0. The third-order valence-corrected chi connectivity index (χ3v) is 7.33. The molecular weight excluding hydrogens is 429 g/mol. The number of aryl methyl sites for hydroxylation is 1. The van der Waals surface area contributed by atoms with Gasteiger partial charge in [-0.3, -0.25) is 4.57 Å². The number of allylic oxidation sites excluding steroid dienone is 1. The number of rotatable bonds is 10. The number of amides is 1. The van der Waals surface area contributed by atoms with Crippen LogP contribution in [0.1, 0.15) is 40.2 Å². The molecule has 0 saturated carbocycles. The first kappa shape index (κ1) is 26.4. The number of hydrogen-bond acceptors (Lipinski definition) is 7. The minimum atomic E-state index is -4.15. The lowest BCUT2D eigenvalue weighted by Gasteiger charge is -2.26. The van der Waals surface area contributed by atoms with Crippen molar-refractivity contribution < 1.29 is 31.6 Å². The van der Waals surface area contributed by atoms with Crippen LogP contribution in [0.3, 0.4) is 0 Å². The van der Waals surface area contributed by atoms with Crippen molar-refractivity contribution in [3.8, 4) is 0 Å². The molecule has 0 aliphatic carbocycles. The van der Waals surface area contributed by atoms with Crippen LogP contribution in [0.2, 0.25) is 0 Å². The number of carbonyl (C=O) groups excluding carboxylic acids is 1. The summed E-state index contributed by atoms with van der Waals surface area (Å²) in [5.74, 6) is 0. The Kier molecular flexibility index (Phi) is 9.75. The van der Waals surface area contributed by atoms with E-state index in [9.17, 15) is 17.8 Å². The van der Waals surface area contributed by atoms with Crippen LogP contribution in [-0.4, -0.2) is 50.3 Å². The van der Waals surface area contributed by atoms with Crippen LogP contribution in [0.15, 0.2) is 41.3 Å². The Bertz CT molecular complexity index is 863. The van der Waals surface area contributed by atoms with Gasteiger partial charge in [-0.2, -0.15) is 4.31 Å². The third kappa shape index (κ3) is 8.22. The average Bonchev–Trinajstić information content (AvgIpc) is 2.60. The highest BCUT2D eigenvalue weighted by atomic mass is 32.2. The quantitative estimate of drug-likeness (QED) is 0.366. The molecule has 0 aromatic heterocycles. The normalized spacial score (nSPS) is 12.9. The van der Waals surface area contributed by atoms with Gasteiger partial charge < -0.3 is 13.8 Å². The van der Waals surface area contributed by atoms with Gasteiger partial charge in [0.15, 0.2) is 0 Å². The molecule has 0 fully saturated rings. The van der Waals surface area contributed by atoms with E-state index in [4.69, 9.17) is 13.8 Å². The lowest BCUT2D eigenvalue weighted by atomic mass is 10.2. The molecule has 0 heterocycles. The summed E-state index contributed by atoms with van der Waals surface area (Å²) in [6.45, 7) is 10.3. The van der Waals surface area contributed by atoms with Crippen LogP contribution in [0, 0.1) is 6.92 Å². The molecule has 0 spiro atoms. The Balaban J connectivity index is 3.11. The minimum absolute atomic E-state index is 0.0262. The zero-order valence-corrected chi connectivity index (χ0v) is 20.2. The van der Waals surface area contributed by atoms with Crippen molar-refractivity contribution in [1.29, 1.82) is 0 Å². The molecule has 8 nitrogen and oxygen atoms in total. The Morgan fingerprint density at radius 3 is 2.07 bits per heavy atom. The second-order valence-corrected chi connectivity index (χ2v) is 11.4. The Hall–Kier alpha value is -1.67. The molecule has 10 heteroatoms. The van der Waals surface area contributed by atoms with Crippen LogP contribution < -0.4 is 0 Å². The zero-order valence-electron chi connectivity index (χ0n) is 18.5. The fraction of sp³-hybridized carbons (Fsp3) is 0.550. The first-order valence-electron chi connectivity index (χ1n) is 9.70. The molecule has 0 aliphatic rings. The van der Waals surface area contributed by atoms with E-state index in [2.05, 4.69) is 0 Å². The van der Waals surface area contributed by atoms with E-state index in [1.807, 2.05) is 6.92 Å². The van der Waals surface area contributed by atoms with Crippen molar-refractivity contribution in [2.75, 3.05) is 25.9 Å². The summed E-state index contributed by atoms with van der Waals surface area (Å²) in [6.07, 6.45) is 1.88. The topological polar surface area (TPSA) is 99.2 Å². The lowest BCUT2D eigenvalue weighted by molar-refractivity contribution is 0.0404. The predicted molar refractivity (Wildman–Crippen MR) is 116 cm³/mol. The van der Waals surface area contributed by atoms with E-state index >= 15 is 0 Å². The highest BCUT2D eigenvalue weighted by Crippen LogP contribution is 2.47. The Labute approximate surface area is 179 Å². The average molecular weight is 462 g/mol. The van der Waals surface area contributed by atoms with Crippen molar-refractivity contribution in [3.05, 3.63) is 42.0 Å². The number of nitrogens with zero attached hydrogens (tertiary/aromatic N) is 1. The number of carbonyl (C=O) groups is 1. The van der Waals surface area contributed by atoms with Crippen molar-refractivity contribution >= 4 is 23.7 Å². The van der Waals surface area contributed by atoms with Gasteiger partial charge in [0.2, 0.25) is 0 Å². The molecule has 0 unspecified atom stereocenters. The molecular formula is C20H32NO7PS. The monoisotopic (exact) mass is 461 g/mol. The first-order valence-corrected chi connectivity index (χ1v) is 12.9. The summed E-state index contributed by atoms with van der Waals surface area (Å²) in [5, 5.41) is 0. The molecule has 0 N–H and O–H groups in total. The van der Waals surface area contributed by atoms with Crippen molar-refractivity contribution in [1.82, 2.24) is 4.31 Å². The maximum absolute atomic E-state index is 13.1. The summed E-state index contributed by atoms with van der Waals surface area (Å²) < 4.78 is 54.9. The van der Waals surface area contributed by atoms with E-state index in [0.717, 1.165) is 5.56 Å². The Morgan fingerprint density at radius 1 is 1.07 bits per heavy atom. The highest BCUT2D eigenvalue weighted by Gasteiger charge is 2.32. The smallest absolute Gasteiger partial charge is 0.424 e. The molecule has 1 aromatic rings. The summed E-state index contributed by atoms with van der Waals surface area (Å²) in [4.78, 5) is 12.6. The minimum Gasteiger partial charge on any atom is -0.443 e. The standard InChI is InChI=1S/C20H32NO7PS/c1-7-26-29(23,27-8-2)16-10-9-15-21(19(22)28-20(4,5)6)30(24,25)18-13-11-17(3)12-14-18/h9-14H,7-8,15-16H2,1-6H3/b10-9+. The summed E-state index contributed by atoms with van der Waals surface area (Å²) in [5.41, 5.74) is 0.0156. The maximum Gasteiger partial charge on any atom is 0.424 e. The van der Waals surface area contributed by atoms with Crippen LogP contribution in [0.5, 0.6) is 0 Å². The van der Waals surface area contributed by atoms with Gasteiger partial charge in [-0.1, -0.05) is 29.8 Å². The van der Waals surface area contributed by atoms with Gasteiger partial charge in [-0.25, -0.2) is 13.2 Å². The predicted octanol–water partition coefficient (Wildman–Crippen LogP) is 4.74. The van der Waals surface area contributed by atoms with E-state index in [1.54, 1.807) is 46.8 Å². The fourth-order valence-corrected chi connectivity index (χ4v) is 5.06.